The van der Waals surface area contributed by atoms with Crippen molar-refractivity contribution in [1.82, 2.24) is 9.55 Å². The number of aliphatic hydroxyl groups is 1. The molecular weight excluding hydrogens is 206 g/mol. The van der Waals surface area contributed by atoms with Crippen molar-refractivity contribution in [3.05, 3.63) is 22.7 Å². The third kappa shape index (κ3) is 1.95. The lowest BCUT2D eigenvalue weighted by atomic mass is 10.3. The third-order valence-electron chi connectivity index (χ3n) is 2.87. The number of β-amino-alcohol motifs (C(OH)–C–C–N with tert-alkyl or cyclic N) is 1. The highest BCUT2D eigenvalue weighted by Crippen LogP contribution is 2.14. The summed E-state index contributed by atoms with van der Waals surface area (Å²) in [4.78, 5) is 18.1. The van der Waals surface area contributed by atoms with E-state index in [1.807, 2.05) is 18.7 Å². The molecule has 88 valence electrons. The van der Waals surface area contributed by atoms with E-state index in [9.17, 15) is 9.90 Å². The fraction of sp³-hybridized carbons (Fsp3) is 0.636. The molecule has 0 spiro atoms. The molecule has 5 heteroatoms. The smallest absolute Gasteiger partial charge is 0.293 e. The maximum Gasteiger partial charge on any atom is 0.293 e. The van der Waals surface area contributed by atoms with Gasteiger partial charge in [-0.2, -0.15) is 0 Å². The summed E-state index contributed by atoms with van der Waals surface area (Å²) in [7, 11) is 0. The monoisotopic (exact) mass is 223 g/mol. The number of aliphatic hydroxyl groups excluding tert-OH is 1. The molecule has 0 aromatic carbocycles. The number of anilines is 1. The van der Waals surface area contributed by atoms with E-state index in [1.54, 1.807) is 17.0 Å². The summed E-state index contributed by atoms with van der Waals surface area (Å²) in [6, 6.07) is 0.127. The molecule has 2 heterocycles. The topological polar surface area (TPSA) is 58.4 Å². The zero-order valence-corrected chi connectivity index (χ0v) is 9.63. The Hall–Kier alpha value is -1.36. The minimum Gasteiger partial charge on any atom is -0.391 e. The Kier molecular flexibility index (Phi) is 2.96. The van der Waals surface area contributed by atoms with Crippen molar-refractivity contribution in [3.63, 3.8) is 0 Å². The van der Waals surface area contributed by atoms with Gasteiger partial charge in [-0.05, 0) is 20.3 Å². The Balaban J connectivity index is 2.35. The van der Waals surface area contributed by atoms with Crippen LogP contribution in [-0.4, -0.2) is 33.9 Å². The first-order valence-electron chi connectivity index (χ1n) is 5.59. The molecule has 1 saturated heterocycles. The molecule has 1 aliphatic rings. The molecule has 1 aliphatic heterocycles. The minimum absolute atomic E-state index is 0.0772. The molecule has 1 N–H and O–H groups in total. The van der Waals surface area contributed by atoms with Crippen molar-refractivity contribution in [2.75, 3.05) is 18.0 Å². The Morgan fingerprint density at radius 2 is 2.31 bits per heavy atom. The second-order valence-electron chi connectivity index (χ2n) is 4.45. The molecule has 0 aliphatic carbocycles. The van der Waals surface area contributed by atoms with Crippen molar-refractivity contribution in [2.45, 2.75) is 32.4 Å². The van der Waals surface area contributed by atoms with E-state index in [4.69, 9.17) is 0 Å². The number of rotatable bonds is 2. The number of hydrogen-bond acceptors (Lipinski definition) is 4. The highest BCUT2D eigenvalue weighted by Gasteiger charge is 2.24. The predicted molar refractivity (Wildman–Crippen MR) is 61.7 cm³/mol. The van der Waals surface area contributed by atoms with E-state index < -0.39 is 0 Å². The van der Waals surface area contributed by atoms with Gasteiger partial charge in [0.2, 0.25) is 0 Å². The second-order valence-corrected chi connectivity index (χ2v) is 4.45. The van der Waals surface area contributed by atoms with Crippen LogP contribution < -0.4 is 10.5 Å². The molecule has 0 bridgehead atoms. The Labute approximate surface area is 94.3 Å². The largest absolute Gasteiger partial charge is 0.391 e. The van der Waals surface area contributed by atoms with Gasteiger partial charge in [-0.15, -0.1) is 0 Å². The molecule has 16 heavy (non-hydrogen) atoms. The molecule has 0 unspecified atom stereocenters. The quantitative estimate of drug-likeness (QED) is 0.788. The van der Waals surface area contributed by atoms with Gasteiger partial charge in [-0.1, -0.05) is 0 Å². The summed E-state index contributed by atoms with van der Waals surface area (Å²) in [6.07, 6.45) is 3.70. The zero-order chi connectivity index (χ0) is 11.7. The average molecular weight is 223 g/mol. The van der Waals surface area contributed by atoms with E-state index in [0.717, 1.165) is 0 Å². The van der Waals surface area contributed by atoms with Crippen molar-refractivity contribution < 1.29 is 5.11 Å². The van der Waals surface area contributed by atoms with Crippen LogP contribution in [0, 0.1) is 0 Å². The van der Waals surface area contributed by atoms with Crippen molar-refractivity contribution in [1.29, 1.82) is 0 Å². The fourth-order valence-electron chi connectivity index (χ4n) is 1.97. The van der Waals surface area contributed by atoms with Gasteiger partial charge in [0.1, 0.15) is 0 Å². The summed E-state index contributed by atoms with van der Waals surface area (Å²) in [5, 5.41) is 9.45. The van der Waals surface area contributed by atoms with Crippen LogP contribution in [0.2, 0.25) is 0 Å². The lowest BCUT2D eigenvalue weighted by Gasteiger charge is -2.18. The maximum atomic E-state index is 12.1. The molecule has 5 nitrogen and oxygen atoms in total. The van der Waals surface area contributed by atoms with Crippen LogP contribution in [0.3, 0.4) is 0 Å². The van der Waals surface area contributed by atoms with Crippen molar-refractivity contribution in [3.8, 4) is 0 Å². The summed E-state index contributed by atoms with van der Waals surface area (Å²) in [5.74, 6) is 0.452. The summed E-state index contributed by atoms with van der Waals surface area (Å²) in [5.41, 5.74) is -0.0772. The Morgan fingerprint density at radius 1 is 1.56 bits per heavy atom. The molecule has 2 rings (SSSR count). The van der Waals surface area contributed by atoms with Crippen LogP contribution in [0.5, 0.6) is 0 Å². The highest BCUT2D eigenvalue weighted by atomic mass is 16.3. The van der Waals surface area contributed by atoms with Gasteiger partial charge in [-0.25, -0.2) is 4.98 Å². The number of aromatic nitrogens is 2. The first-order chi connectivity index (χ1) is 7.59. The normalized spacial score (nSPS) is 20.8. The second kappa shape index (κ2) is 4.25. The first kappa shape index (κ1) is 11.1. The van der Waals surface area contributed by atoms with Gasteiger partial charge < -0.3 is 14.6 Å². The lowest BCUT2D eigenvalue weighted by Crippen LogP contribution is -2.32. The zero-order valence-electron chi connectivity index (χ0n) is 9.63. The van der Waals surface area contributed by atoms with Crippen LogP contribution >= 0.6 is 0 Å². The fourth-order valence-corrected chi connectivity index (χ4v) is 1.97. The molecule has 0 saturated carbocycles. The van der Waals surface area contributed by atoms with E-state index in [-0.39, 0.29) is 17.7 Å². The first-order valence-corrected chi connectivity index (χ1v) is 5.59. The van der Waals surface area contributed by atoms with E-state index in [0.29, 0.717) is 25.3 Å². The summed E-state index contributed by atoms with van der Waals surface area (Å²) < 4.78 is 1.66. The van der Waals surface area contributed by atoms with Gasteiger partial charge >= 0.3 is 0 Å². The van der Waals surface area contributed by atoms with Gasteiger partial charge in [0, 0.05) is 31.5 Å². The predicted octanol–water partition coefficient (Wildman–Crippen LogP) is 0.395. The third-order valence-corrected chi connectivity index (χ3v) is 2.87. The van der Waals surface area contributed by atoms with E-state index in [1.165, 1.54) is 0 Å². The van der Waals surface area contributed by atoms with Gasteiger partial charge in [0.15, 0.2) is 5.82 Å². The van der Waals surface area contributed by atoms with Crippen LogP contribution in [0.1, 0.15) is 26.3 Å². The SMILES string of the molecule is CC(C)n1ccnc(N2CC[C@H](O)C2)c1=O. The minimum atomic E-state index is -0.339. The van der Waals surface area contributed by atoms with Crippen molar-refractivity contribution >= 4 is 5.82 Å². The Bertz CT molecular complexity index is 427. The number of hydrogen-bond donors (Lipinski definition) is 1. The van der Waals surface area contributed by atoms with Gasteiger partial charge in [-0.3, -0.25) is 4.79 Å². The van der Waals surface area contributed by atoms with Crippen molar-refractivity contribution in [2.24, 2.45) is 0 Å². The molecular formula is C11H17N3O2. The van der Waals surface area contributed by atoms with Crippen LogP contribution in [0.15, 0.2) is 17.2 Å². The average Bonchev–Trinajstić information content (AvgIpc) is 2.64. The molecule has 1 aromatic heterocycles. The van der Waals surface area contributed by atoms with E-state index in [2.05, 4.69) is 4.98 Å². The van der Waals surface area contributed by atoms with Crippen LogP contribution in [0.25, 0.3) is 0 Å². The maximum absolute atomic E-state index is 12.1. The van der Waals surface area contributed by atoms with E-state index >= 15 is 0 Å². The standard InChI is InChI=1S/C11H17N3O2/c1-8(2)14-6-4-12-10(11(14)16)13-5-3-9(15)7-13/h4,6,8-9,15H,3,5,7H2,1-2H3/t9-/m0/s1. The molecule has 1 fully saturated rings. The van der Waals surface area contributed by atoms with Gasteiger partial charge in [0.25, 0.3) is 5.56 Å². The lowest BCUT2D eigenvalue weighted by molar-refractivity contribution is 0.198. The van der Waals surface area contributed by atoms with Crippen LogP contribution in [-0.2, 0) is 0 Å². The summed E-state index contributed by atoms with van der Waals surface area (Å²) >= 11 is 0. The van der Waals surface area contributed by atoms with Gasteiger partial charge in [0.05, 0.1) is 6.10 Å². The Morgan fingerprint density at radius 3 is 2.88 bits per heavy atom. The molecule has 0 radical (unpaired) electrons. The summed E-state index contributed by atoms with van der Waals surface area (Å²) in [6.45, 7) is 5.13. The molecule has 1 atom stereocenters. The van der Waals surface area contributed by atoms with Crippen LogP contribution in [0.4, 0.5) is 5.82 Å². The number of nitrogens with zero attached hydrogens (tertiary/aromatic N) is 3. The molecule has 1 aromatic rings. The molecule has 0 amide bonds. The highest BCUT2D eigenvalue weighted by molar-refractivity contribution is 5.37.